The molecule has 0 amide bonds. The van der Waals surface area contributed by atoms with Gasteiger partial charge >= 0.3 is 0 Å². The molecule has 4 heteroatoms. The fourth-order valence-corrected chi connectivity index (χ4v) is 2.39. The van der Waals surface area contributed by atoms with E-state index < -0.39 is 11.6 Å². The van der Waals surface area contributed by atoms with Crippen molar-refractivity contribution in [3.05, 3.63) is 83.7 Å². The van der Waals surface area contributed by atoms with Crippen LogP contribution in [0.25, 0.3) is 11.1 Å². The summed E-state index contributed by atoms with van der Waals surface area (Å²) in [7, 11) is 0. The third kappa shape index (κ3) is 2.79. The van der Waals surface area contributed by atoms with Crippen molar-refractivity contribution in [1.29, 1.82) is 0 Å². The van der Waals surface area contributed by atoms with Crippen LogP contribution in [0.1, 0.15) is 15.9 Å². The van der Waals surface area contributed by atoms with E-state index in [0.29, 0.717) is 5.56 Å². The Morgan fingerprint density at radius 1 is 0.826 bits per heavy atom. The summed E-state index contributed by atoms with van der Waals surface area (Å²) in [5.41, 5.74) is 0.608. The zero-order valence-corrected chi connectivity index (χ0v) is 12.0. The molecule has 3 nitrogen and oxygen atoms in total. The van der Waals surface area contributed by atoms with Gasteiger partial charge in [0, 0.05) is 5.56 Å². The molecule has 114 valence electrons. The molecule has 0 aliphatic rings. The minimum Gasteiger partial charge on any atom is -0.508 e. The lowest BCUT2D eigenvalue weighted by molar-refractivity contribution is 0.103. The van der Waals surface area contributed by atoms with Gasteiger partial charge in [0.15, 0.2) is 5.78 Å². The van der Waals surface area contributed by atoms with E-state index in [2.05, 4.69) is 0 Å². The van der Waals surface area contributed by atoms with Crippen LogP contribution in [0.3, 0.4) is 0 Å². The molecule has 0 heterocycles. The largest absolute Gasteiger partial charge is 0.508 e. The molecule has 0 bridgehead atoms. The molecule has 0 fully saturated rings. The van der Waals surface area contributed by atoms with Gasteiger partial charge in [0.25, 0.3) is 0 Å². The van der Waals surface area contributed by atoms with E-state index in [1.54, 1.807) is 30.3 Å². The maximum Gasteiger partial charge on any atom is 0.195 e. The highest BCUT2D eigenvalue weighted by atomic mass is 19.1. The Morgan fingerprint density at radius 2 is 1.48 bits per heavy atom. The number of aromatic hydroxyl groups is 2. The van der Waals surface area contributed by atoms with E-state index in [0.717, 1.165) is 0 Å². The van der Waals surface area contributed by atoms with Crippen LogP contribution in [0, 0.1) is 5.82 Å². The number of rotatable bonds is 3. The molecule has 0 aliphatic heterocycles. The third-order valence-corrected chi connectivity index (χ3v) is 3.56. The van der Waals surface area contributed by atoms with E-state index in [1.165, 1.54) is 36.4 Å². The summed E-state index contributed by atoms with van der Waals surface area (Å²) in [6.07, 6.45) is 0. The highest BCUT2D eigenvalue weighted by Gasteiger charge is 2.20. The van der Waals surface area contributed by atoms with Crippen LogP contribution >= 0.6 is 0 Å². The van der Waals surface area contributed by atoms with Crippen LogP contribution in [0.15, 0.2) is 66.7 Å². The Balaban J connectivity index is 2.11. The van der Waals surface area contributed by atoms with Gasteiger partial charge in [0.2, 0.25) is 0 Å². The summed E-state index contributed by atoms with van der Waals surface area (Å²) in [5, 5.41) is 19.2. The van der Waals surface area contributed by atoms with E-state index >= 15 is 0 Å². The van der Waals surface area contributed by atoms with Crippen molar-refractivity contribution >= 4 is 5.78 Å². The Bertz CT molecular complexity index is 856. The van der Waals surface area contributed by atoms with Crippen LogP contribution in [0.5, 0.6) is 11.5 Å². The quantitative estimate of drug-likeness (QED) is 0.715. The third-order valence-electron chi connectivity index (χ3n) is 3.56. The number of hydrogen-bond donors (Lipinski definition) is 2. The average molecular weight is 308 g/mol. The Hall–Kier alpha value is -3.14. The Morgan fingerprint density at radius 3 is 2.13 bits per heavy atom. The van der Waals surface area contributed by atoms with Crippen LogP contribution in [0.4, 0.5) is 4.39 Å². The molecular weight excluding hydrogens is 295 g/mol. The van der Waals surface area contributed by atoms with Crippen molar-refractivity contribution in [2.45, 2.75) is 0 Å². The van der Waals surface area contributed by atoms with Gasteiger partial charge in [-0.15, -0.1) is 0 Å². The first-order valence-corrected chi connectivity index (χ1v) is 6.98. The Labute approximate surface area is 132 Å². The van der Waals surface area contributed by atoms with E-state index in [9.17, 15) is 19.4 Å². The molecule has 23 heavy (non-hydrogen) atoms. The molecule has 3 aromatic rings. The fourth-order valence-electron chi connectivity index (χ4n) is 2.39. The summed E-state index contributed by atoms with van der Waals surface area (Å²) in [6.45, 7) is 0. The summed E-state index contributed by atoms with van der Waals surface area (Å²) in [4.78, 5) is 12.5. The van der Waals surface area contributed by atoms with Gasteiger partial charge in [-0.2, -0.15) is 0 Å². The van der Waals surface area contributed by atoms with Crippen molar-refractivity contribution in [1.82, 2.24) is 0 Å². The van der Waals surface area contributed by atoms with Crippen LogP contribution in [-0.4, -0.2) is 16.0 Å². The van der Waals surface area contributed by atoms with Crippen molar-refractivity contribution in [3.8, 4) is 22.6 Å². The number of benzene rings is 3. The molecular formula is C19H13FO3. The molecule has 0 unspecified atom stereocenters. The number of carbonyl (C=O) groups excluding carboxylic acids is 1. The first-order chi connectivity index (χ1) is 11.1. The molecule has 0 atom stereocenters. The molecule has 0 radical (unpaired) electrons. The van der Waals surface area contributed by atoms with E-state index in [1.807, 2.05) is 0 Å². The maximum atomic E-state index is 14.8. The number of halogens is 1. The monoisotopic (exact) mass is 308 g/mol. The number of hydrogen-bond acceptors (Lipinski definition) is 3. The van der Waals surface area contributed by atoms with Crippen LogP contribution < -0.4 is 0 Å². The lowest BCUT2D eigenvalue weighted by Crippen LogP contribution is -2.05. The lowest BCUT2D eigenvalue weighted by Gasteiger charge is -2.10. The molecule has 0 aromatic heterocycles. The number of phenols is 2. The highest BCUT2D eigenvalue weighted by Crippen LogP contribution is 2.34. The van der Waals surface area contributed by atoms with Crippen molar-refractivity contribution in [2.75, 3.05) is 0 Å². The normalized spacial score (nSPS) is 10.5. The second kappa shape index (κ2) is 5.93. The predicted octanol–water partition coefficient (Wildman–Crippen LogP) is 4.13. The van der Waals surface area contributed by atoms with Gasteiger partial charge in [0.1, 0.15) is 17.3 Å². The summed E-state index contributed by atoms with van der Waals surface area (Å²) in [6, 6.07) is 16.7. The zero-order chi connectivity index (χ0) is 16.4. The molecule has 0 aliphatic carbocycles. The van der Waals surface area contributed by atoms with Crippen molar-refractivity contribution in [2.24, 2.45) is 0 Å². The molecule has 2 N–H and O–H groups in total. The highest BCUT2D eigenvalue weighted by molar-refractivity contribution is 6.10. The Kier molecular flexibility index (Phi) is 3.81. The van der Waals surface area contributed by atoms with Crippen molar-refractivity contribution < 1.29 is 19.4 Å². The summed E-state index contributed by atoms with van der Waals surface area (Å²) >= 11 is 0. The van der Waals surface area contributed by atoms with E-state index in [-0.39, 0.29) is 28.2 Å². The average Bonchev–Trinajstić information content (AvgIpc) is 2.56. The van der Waals surface area contributed by atoms with E-state index in [4.69, 9.17) is 0 Å². The molecule has 0 saturated carbocycles. The number of ketones is 1. The van der Waals surface area contributed by atoms with Gasteiger partial charge < -0.3 is 10.2 Å². The van der Waals surface area contributed by atoms with Gasteiger partial charge in [-0.05, 0) is 42.0 Å². The maximum absolute atomic E-state index is 14.8. The molecule has 3 rings (SSSR count). The summed E-state index contributed by atoms with van der Waals surface area (Å²) in [5.74, 6) is -1.48. The first-order valence-electron chi connectivity index (χ1n) is 6.98. The fraction of sp³-hybridized carbons (Fsp3) is 0. The number of carbonyl (C=O) groups is 1. The molecule has 3 aromatic carbocycles. The second-order valence-corrected chi connectivity index (χ2v) is 5.06. The van der Waals surface area contributed by atoms with Gasteiger partial charge in [-0.1, -0.05) is 30.3 Å². The number of phenolic OH excluding ortho intramolecular Hbond substituents is 2. The summed E-state index contributed by atoms with van der Waals surface area (Å²) < 4.78 is 14.8. The lowest BCUT2D eigenvalue weighted by atomic mass is 9.96. The minimum atomic E-state index is -0.769. The topological polar surface area (TPSA) is 57.5 Å². The van der Waals surface area contributed by atoms with Crippen molar-refractivity contribution in [3.63, 3.8) is 0 Å². The molecule has 0 saturated heterocycles. The van der Waals surface area contributed by atoms with Gasteiger partial charge in [-0.25, -0.2) is 4.39 Å². The van der Waals surface area contributed by atoms with Crippen LogP contribution in [-0.2, 0) is 0 Å². The van der Waals surface area contributed by atoms with Gasteiger partial charge in [-0.3, -0.25) is 4.79 Å². The first kappa shape index (κ1) is 14.8. The smallest absolute Gasteiger partial charge is 0.195 e. The van der Waals surface area contributed by atoms with Gasteiger partial charge in [0.05, 0.1) is 11.1 Å². The SMILES string of the molecule is O=C(c1ccc(O)cc1)c1ccc(O)c(-c2ccccc2)c1F. The predicted molar refractivity (Wildman–Crippen MR) is 85.0 cm³/mol. The second-order valence-electron chi connectivity index (χ2n) is 5.06. The van der Waals surface area contributed by atoms with Crippen LogP contribution in [0.2, 0.25) is 0 Å². The minimum absolute atomic E-state index is 0.00442. The molecule has 0 spiro atoms. The zero-order valence-electron chi connectivity index (χ0n) is 12.0. The standard InChI is InChI=1S/C19H13FO3/c20-18-15(19(23)13-6-8-14(21)9-7-13)10-11-16(22)17(18)12-4-2-1-3-5-12/h1-11,21-22H.